The highest BCUT2D eigenvalue weighted by Crippen LogP contribution is 2.15. The van der Waals surface area contributed by atoms with E-state index in [0.29, 0.717) is 12.5 Å². The molecule has 1 aromatic carbocycles. The maximum Gasteiger partial charge on any atom is 0.243 e. The second-order valence-corrected chi connectivity index (χ2v) is 5.47. The maximum atomic E-state index is 13.2. The van der Waals surface area contributed by atoms with Gasteiger partial charge in [0.25, 0.3) is 0 Å². The van der Waals surface area contributed by atoms with E-state index in [9.17, 15) is 17.2 Å². The van der Waals surface area contributed by atoms with Crippen LogP contribution in [0.4, 0.5) is 8.78 Å². The van der Waals surface area contributed by atoms with Gasteiger partial charge < -0.3 is 5.73 Å². The Hall–Kier alpha value is -1.05. The van der Waals surface area contributed by atoms with E-state index in [0.717, 1.165) is 12.1 Å². The zero-order valence-corrected chi connectivity index (χ0v) is 10.1. The summed E-state index contributed by atoms with van der Waals surface area (Å²) in [6.07, 6.45) is 0.433. The minimum atomic E-state index is -3.95. The van der Waals surface area contributed by atoms with Crippen molar-refractivity contribution in [3.8, 4) is 0 Å². The van der Waals surface area contributed by atoms with Crippen LogP contribution >= 0.6 is 0 Å². The Morgan fingerprint density at radius 2 is 2.06 bits per heavy atom. The summed E-state index contributed by atoms with van der Waals surface area (Å²) in [4.78, 5) is -0.566. The summed E-state index contributed by atoms with van der Waals surface area (Å²) in [5, 5.41) is 0. The van der Waals surface area contributed by atoms with Crippen LogP contribution in [0.1, 0.15) is 13.3 Å². The first kappa shape index (κ1) is 14.0. The predicted octanol–water partition coefficient (Wildman–Crippen LogP) is 0.980. The lowest BCUT2D eigenvalue weighted by Crippen LogP contribution is -2.29. The van der Waals surface area contributed by atoms with Gasteiger partial charge in [-0.25, -0.2) is 21.9 Å². The van der Waals surface area contributed by atoms with Gasteiger partial charge in [-0.2, -0.15) is 0 Å². The van der Waals surface area contributed by atoms with Gasteiger partial charge in [0.15, 0.2) is 0 Å². The van der Waals surface area contributed by atoms with Crippen molar-refractivity contribution in [2.75, 3.05) is 6.54 Å². The number of sulfonamides is 1. The lowest BCUT2D eigenvalue weighted by Gasteiger charge is -2.09. The first-order valence-corrected chi connectivity index (χ1v) is 6.51. The highest BCUT2D eigenvalue weighted by atomic mass is 32.2. The van der Waals surface area contributed by atoms with Crippen LogP contribution in [-0.4, -0.2) is 21.0 Å². The van der Waals surface area contributed by atoms with Crippen LogP contribution in [0.3, 0.4) is 0 Å². The van der Waals surface area contributed by atoms with Gasteiger partial charge in [0, 0.05) is 18.7 Å². The molecule has 0 heterocycles. The molecule has 0 spiro atoms. The minimum Gasteiger partial charge on any atom is -0.328 e. The second-order valence-electron chi connectivity index (χ2n) is 3.74. The fraction of sp³-hybridized carbons (Fsp3) is 0.400. The van der Waals surface area contributed by atoms with Crippen molar-refractivity contribution < 1.29 is 17.2 Å². The molecule has 0 bridgehead atoms. The Labute approximate surface area is 98.9 Å². The van der Waals surface area contributed by atoms with Gasteiger partial charge in [-0.1, -0.05) is 0 Å². The summed E-state index contributed by atoms with van der Waals surface area (Å²) in [6.45, 7) is 1.84. The summed E-state index contributed by atoms with van der Waals surface area (Å²) < 4.78 is 51.3. The lowest BCUT2D eigenvalue weighted by molar-refractivity contribution is 0.540. The fourth-order valence-electron chi connectivity index (χ4n) is 1.19. The number of nitrogens with one attached hydrogen (secondary N) is 1. The topological polar surface area (TPSA) is 72.2 Å². The molecule has 3 N–H and O–H groups in total. The Morgan fingerprint density at radius 3 is 2.59 bits per heavy atom. The van der Waals surface area contributed by atoms with Crippen molar-refractivity contribution in [1.29, 1.82) is 0 Å². The molecule has 0 aliphatic carbocycles. The molecule has 0 saturated carbocycles. The number of hydrogen-bond acceptors (Lipinski definition) is 3. The molecule has 0 saturated heterocycles. The van der Waals surface area contributed by atoms with E-state index < -0.39 is 26.6 Å². The molecule has 0 aliphatic heterocycles. The molecule has 0 amide bonds. The molecule has 1 rings (SSSR count). The average Bonchev–Trinajstić information content (AvgIpc) is 2.15. The largest absolute Gasteiger partial charge is 0.328 e. The van der Waals surface area contributed by atoms with Gasteiger partial charge in [-0.3, -0.25) is 0 Å². The van der Waals surface area contributed by atoms with Crippen molar-refractivity contribution in [3.05, 3.63) is 29.8 Å². The lowest BCUT2D eigenvalue weighted by atomic mass is 10.3. The monoisotopic (exact) mass is 264 g/mol. The van der Waals surface area contributed by atoms with Crippen molar-refractivity contribution >= 4 is 10.0 Å². The average molecular weight is 264 g/mol. The normalized spacial score (nSPS) is 13.6. The highest BCUT2D eigenvalue weighted by Gasteiger charge is 2.18. The molecule has 0 unspecified atom stereocenters. The smallest absolute Gasteiger partial charge is 0.243 e. The minimum absolute atomic E-state index is 0.108. The van der Waals surface area contributed by atoms with Crippen molar-refractivity contribution in [2.24, 2.45) is 5.73 Å². The predicted molar refractivity (Wildman–Crippen MR) is 59.8 cm³/mol. The van der Waals surface area contributed by atoms with E-state index in [4.69, 9.17) is 5.73 Å². The molecule has 1 aromatic rings. The molecule has 7 heteroatoms. The number of benzene rings is 1. The molecule has 0 fully saturated rings. The molecule has 0 radical (unpaired) electrons. The molecule has 4 nitrogen and oxygen atoms in total. The van der Waals surface area contributed by atoms with Crippen LogP contribution in [-0.2, 0) is 10.0 Å². The summed E-state index contributed by atoms with van der Waals surface area (Å²) >= 11 is 0. The van der Waals surface area contributed by atoms with Crippen LogP contribution in [0.25, 0.3) is 0 Å². The standard InChI is InChI=1S/C10H14F2N2O2S/c1-7(13)4-5-14-17(15,16)10-3-2-8(11)6-9(10)12/h2-3,6-7,14H,4-5,13H2,1H3/t7-/m0/s1. The van der Waals surface area contributed by atoms with E-state index in [1.54, 1.807) is 6.92 Å². The number of hydrogen-bond donors (Lipinski definition) is 2. The SMILES string of the molecule is C[C@H](N)CCNS(=O)(=O)c1ccc(F)cc1F. The number of nitrogens with two attached hydrogens (primary N) is 1. The van der Waals surface area contributed by atoms with Gasteiger partial charge in [0.05, 0.1) is 0 Å². The zero-order valence-electron chi connectivity index (χ0n) is 9.28. The Balaban J connectivity index is 2.83. The summed E-state index contributed by atoms with van der Waals surface area (Å²) in [6, 6.07) is 2.15. The van der Waals surface area contributed by atoms with Gasteiger partial charge in [0.2, 0.25) is 10.0 Å². The number of rotatable bonds is 5. The van der Waals surface area contributed by atoms with E-state index >= 15 is 0 Å². The third-order valence-corrected chi connectivity index (χ3v) is 3.57. The van der Waals surface area contributed by atoms with Crippen molar-refractivity contribution in [1.82, 2.24) is 4.72 Å². The van der Waals surface area contributed by atoms with Crippen LogP contribution in [0.5, 0.6) is 0 Å². The molecule has 0 aromatic heterocycles. The zero-order chi connectivity index (χ0) is 13.1. The van der Waals surface area contributed by atoms with Crippen LogP contribution < -0.4 is 10.5 Å². The van der Waals surface area contributed by atoms with Gasteiger partial charge >= 0.3 is 0 Å². The van der Waals surface area contributed by atoms with Gasteiger partial charge in [-0.15, -0.1) is 0 Å². The van der Waals surface area contributed by atoms with E-state index in [1.807, 2.05) is 0 Å². The molecule has 1 atom stereocenters. The van der Waals surface area contributed by atoms with Gasteiger partial charge in [-0.05, 0) is 25.5 Å². The maximum absolute atomic E-state index is 13.2. The summed E-state index contributed by atoms with van der Waals surface area (Å²) in [5.74, 6) is -1.93. The summed E-state index contributed by atoms with van der Waals surface area (Å²) in [7, 11) is -3.95. The van der Waals surface area contributed by atoms with E-state index in [2.05, 4.69) is 4.72 Å². The second kappa shape index (κ2) is 5.52. The fourth-order valence-corrected chi connectivity index (χ4v) is 2.30. The van der Waals surface area contributed by atoms with Gasteiger partial charge in [0.1, 0.15) is 16.5 Å². The first-order chi connectivity index (χ1) is 7.83. The van der Waals surface area contributed by atoms with Crippen LogP contribution in [0, 0.1) is 11.6 Å². The molecular weight excluding hydrogens is 250 g/mol. The Bertz CT molecular complexity index is 489. The van der Waals surface area contributed by atoms with E-state index in [1.165, 1.54) is 0 Å². The van der Waals surface area contributed by atoms with Crippen LogP contribution in [0.15, 0.2) is 23.1 Å². The van der Waals surface area contributed by atoms with Crippen LogP contribution in [0.2, 0.25) is 0 Å². The quantitative estimate of drug-likeness (QED) is 0.832. The molecule has 0 aliphatic rings. The third-order valence-electron chi connectivity index (χ3n) is 2.08. The van der Waals surface area contributed by atoms with E-state index in [-0.39, 0.29) is 12.6 Å². The Morgan fingerprint density at radius 1 is 1.41 bits per heavy atom. The number of halogens is 2. The molecule has 96 valence electrons. The molecule has 17 heavy (non-hydrogen) atoms. The summed E-state index contributed by atoms with van der Waals surface area (Å²) in [5.41, 5.74) is 5.45. The van der Waals surface area contributed by atoms with Crippen molar-refractivity contribution in [2.45, 2.75) is 24.3 Å². The Kier molecular flexibility index (Phi) is 4.55. The third kappa shape index (κ3) is 4.03. The first-order valence-electron chi connectivity index (χ1n) is 5.03. The molecular formula is C10H14F2N2O2S. The van der Waals surface area contributed by atoms with Crippen molar-refractivity contribution in [3.63, 3.8) is 0 Å². The highest BCUT2D eigenvalue weighted by molar-refractivity contribution is 7.89.